The second-order valence-corrected chi connectivity index (χ2v) is 6.27. The van der Waals surface area contributed by atoms with E-state index in [-0.39, 0.29) is 14.1 Å². The van der Waals surface area contributed by atoms with Crippen LogP contribution in [-0.4, -0.2) is 20.0 Å². The third-order valence-corrected chi connectivity index (χ3v) is 5.20. The van der Waals surface area contributed by atoms with E-state index in [0.29, 0.717) is 0 Å². The Bertz CT molecular complexity index is 30.4. The molecule has 56 valence electrons. The lowest BCUT2D eigenvalue weighted by Gasteiger charge is -1.97. The van der Waals surface area contributed by atoms with Crippen molar-refractivity contribution in [2.24, 2.45) is 0 Å². The maximum Gasteiger partial charge on any atom is 0.261 e. The van der Waals surface area contributed by atoms with E-state index >= 15 is 0 Å². The van der Waals surface area contributed by atoms with Gasteiger partial charge in [0.15, 0.2) is 0 Å². The van der Waals surface area contributed by atoms with Crippen molar-refractivity contribution in [2.75, 3.05) is 5.83 Å². The quantitative estimate of drug-likeness (QED) is 0.492. The fourth-order valence-electron chi connectivity index (χ4n) is 0.866. The molecule has 0 aromatic carbocycles. The molecule has 0 saturated carbocycles. The summed E-state index contributed by atoms with van der Waals surface area (Å²) in [7, 11) is 0. The van der Waals surface area contributed by atoms with Crippen LogP contribution in [0.5, 0.6) is 0 Å². The Morgan fingerprint density at radius 1 is 0.889 bits per heavy atom. The minimum Gasteiger partial charge on any atom is -0.0967 e. The van der Waals surface area contributed by atoms with Gasteiger partial charge in [0, 0.05) is 0 Å². The molecule has 0 aliphatic carbocycles. The van der Waals surface area contributed by atoms with Gasteiger partial charge >= 0.3 is 0 Å². The van der Waals surface area contributed by atoms with Gasteiger partial charge in [-0.15, -0.1) is 0 Å². The summed E-state index contributed by atoms with van der Waals surface area (Å²) in [6, 6.07) is 0. The van der Waals surface area contributed by atoms with Crippen molar-refractivity contribution in [3.8, 4) is 0 Å². The van der Waals surface area contributed by atoms with Crippen molar-refractivity contribution in [3.63, 3.8) is 0 Å². The summed E-state index contributed by atoms with van der Waals surface area (Å²) in [5.41, 5.74) is 0. The molecule has 0 amide bonds. The molecular formula is C7H18AlBr. The van der Waals surface area contributed by atoms with Gasteiger partial charge in [0.2, 0.25) is 0 Å². The van der Waals surface area contributed by atoms with Gasteiger partial charge in [-0.1, -0.05) is 52.5 Å². The summed E-state index contributed by atoms with van der Waals surface area (Å²) >= 11 is 2.77. The zero-order valence-corrected chi connectivity index (χ0v) is 9.82. The van der Waals surface area contributed by atoms with Crippen LogP contribution in [-0.2, 0) is 0 Å². The zero-order valence-electron chi connectivity index (χ0n) is 7.08. The molecule has 0 atom stereocenters. The van der Waals surface area contributed by atoms with Crippen molar-refractivity contribution in [1.29, 1.82) is 0 Å². The SMILES string of the molecule is CBr.C[CH2][Al]([CH2]C)[CH2]C. The molecule has 0 aliphatic heterocycles. The first kappa shape index (κ1) is 12.7. The molecule has 0 aromatic heterocycles. The van der Waals surface area contributed by atoms with Crippen molar-refractivity contribution in [1.82, 2.24) is 0 Å². The standard InChI is InChI=1S/3C2H5.CH3Br.Al/c4*1-2;/h3*1H2,2H3;1H3;. The molecule has 0 fully saturated rings. The Hall–Kier alpha value is 1.01. The maximum atomic E-state index is 2.94. The second kappa shape index (κ2) is 11.8. The number of halogens is 1. The van der Waals surface area contributed by atoms with Crippen LogP contribution in [0.3, 0.4) is 0 Å². The van der Waals surface area contributed by atoms with Gasteiger partial charge in [0.25, 0.3) is 14.1 Å². The Morgan fingerprint density at radius 2 is 1.11 bits per heavy atom. The van der Waals surface area contributed by atoms with Crippen LogP contribution in [0.1, 0.15) is 20.8 Å². The van der Waals surface area contributed by atoms with E-state index in [9.17, 15) is 0 Å². The van der Waals surface area contributed by atoms with Crippen LogP contribution in [0.4, 0.5) is 0 Å². The van der Waals surface area contributed by atoms with E-state index < -0.39 is 0 Å². The highest BCUT2D eigenvalue weighted by atomic mass is 79.9. The highest BCUT2D eigenvalue weighted by molar-refractivity contribution is 9.08. The van der Waals surface area contributed by atoms with Crippen LogP contribution in [0, 0.1) is 0 Å². The van der Waals surface area contributed by atoms with Crippen LogP contribution in [0.2, 0.25) is 15.8 Å². The molecule has 0 aromatic rings. The number of hydrogen-bond acceptors (Lipinski definition) is 0. The number of rotatable bonds is 3. The summed E-state index contributed by atoms with van der Waals surface area (Å²) in [5.74, 6) is 1.81. The average molecular weight is 209 g/mol. The van der Waals surface area contributed by atoms with Gasteiger partial charge in [-0.3, -0.25) is 0 Å². The summed E-state index contributed by atoms with van der Waals surface area (Å²) in [6.07, 6.45) is 0. The molecule has 0 radical (unpaired) electrons. The third-order valence-electron chi connectivity index (χ3n) is 1.73. The van der Waals surface area contributed by atoms with Gasteiger partial charge < -0.3 is 0 Å². The normalized spacial score (nSPS) is 7.67. The monoisotopic (exact) mass is 208 g/mol. The van der Waals surface area contributed by atoms with E-state index in [1.807, 2.05) is 5.83 Å². The highest BCUT2D eigenvalue weighted by Gasteiger charge is 2.05. The fourth-order valence-corrected chi connectivity index (χ4v) is 2.60. The summed E-state index contributed by atoms with van der Waals surface area (Å²) in [5, 5.41) is 4.48. The van der Waals surface area contributed by atoms with Crippen LogP contribution >= 0.6 is 15.9 Å². The molecule has 0 N–H and O–H groups in total. The van der Waals surface area contributed by atoms with Crippen molar-refractivity contribution in [2.45, 2.75) is 36.6 Å². The first-order valence-electron chi connectivity index (χ1n) is 3.72. The summed E-state index contributed by atoms with van der Waals surface area (Å²) < 4.78 is 0. The van der Waals surface area contributed by atoms with E-state index in [2.05, 4.69) is 36.7 Å². The molecule has 0 spiro atoms. The molecule has 0 bridgehead atoms. The van der Waals surface area contributed by atoms with E-state index in [1.54, 1.807) is 0 Å². The molecule has 0 rings (SSSR count). The van der Waals surface area contributed by atoms with Crippen LogP contribution in [0.25, 0.3) is 0 Å². The lowest BCUT2D eigenvalue weighted by molar-refractivity contribution is 1.24. The molecule has 0 saturated heterocycles. The molecular weight excluding hydrogens is 191 g/mol. The summed E-state index contributed by atoms with van der Waals surface area (Å²) in [4.78, 5) is 0. The Labute approximate surface area is 72.6 Å². The molecule has 0 nitrogen and oxygen atoms in total. The predicted molar refractivity (Wildman–Crippen MR) is 52.0 cm³/mol. The topological polar surface area (TPSA) is 0 Å². The van der Waals surface area contributed by atoms with Crippen LogP contribution < -0.4 is 0 Å². The Balaban J connectivity index is 0. The van der Waals surface area contributed by atoms with Gasteiger partial charge in [-0.2, -0.15) is 0 Å². The molecule has 2 heteroatoms. The van der Waals surface area contributed by atoms with E-state index in [1.165, 1.54) is 15.8 Å². The van der Waals surface area contributed by atoms with E-state index in [0.717, 1.165) is 0 Å². The summed E-state index contributed by atoms with van der Waals surface area (Å²) in [6.45, 7) is 6.97. The van der Waals surface area contributed by atoms with Crippen molar-refractivity contribution in [3.05, 3.63) is 0 Å². The van der Waals surface area contributed by atoms with Crippen molar-refractivity contribution >= 4 is 30.1 Å². The number of hydrogen-bond donors (Lipinski definition) is 0. The molecule has 9 heavy (non-hydrogen) atoms. The smallest absolute Gasteiger partial charge is 0.0967 e. The van der Waals surface area contributed by atoms with Crippen molar-refractivity contribution < 1.29 is 0 Å². The number of alkyl halides is 1. The highest BCUT2D eigenvalue weighted by Crippen LogP contribution is 2.01. The average Bonchev–Trinajstić information content (AvgIpc) is 1.96. The lowest BCUT2D eigenvalue weighted by Crippen LogP contribution is -2.04. The minimum atomic E-state index is -0.171. The van der Waals surface area contributed by atoms with Gasteiger partial charge in [-0.25, -0.2) is 0 Å². The predicted octanol–water partition coefficient (Wildman–Crippen LogP) is 3.55. The minimum absolute atomic E-state index is 0.171. The Morgan fingerprint density at radius 3 is 1.11 bits per heavy atom. The lowest BCUT2D eigenvalue weighted by atomic mass is 10.9. The molecule has 0 heterocycles. The zero-order chi connectivity index (χ0) is 7.70. The Kier molecular flexibility index (Phi) is 16.6. The molecule has 0 aliphatic rings. The third kappa shape index (κ3) is 9.01. The maximum absolute atomic E-state index is 2.94. The molecule has 0 unspecified atom stereocenters. The largest absolute Gasteiger partial charge is 0.261 e. The van der Waals surface area contributed by atoms with Gasteiger partial charge in [0.1, 0.15) is 0 Å². The second-order valence-electron chi connectivity index (χ2n) is 2.09. The van der Waals surface area contributed by atoms with Gasteiger partial charge in [-0.05, 0) is 5.83 Å². The first-order valence-corrected chi connectivity index (χ1v) is 7.76. The van der Waals surface area contributed by atoms with E-state index in [4.69, 9.17) is 0 Å². The van der Waals surface area contributed by atoms with Gasteiger partial charge in [0.05, 0.1) is 0 Å². The fraction of sp³-hybridized carbons (Fsp3) is 1.00. The first-order chi connectivity index (χ1) is 4.35. The van der Waals surface area contributed by atoms with Crippen LogP contribution in [0.15, 0.2) is 0 Å².